The van der Waals surface area contributed by atoms with Gasteiger partial charge in [-0.3, -0.25) is 4.79 Å². The molecular weight excluding hydrogens is 290 g/mol. The topological polar surface area (TPSA) is 86.6 Å². The number of nitrogens with zero attached hydrogens (tertiary/aromatic N) is 1. The summed E-state index contributed by atoms with van der Waals surface area (Å²) in [5.41, 5.74) is 1.34. The highest BCUT2D eigenvalue weighted by atomic mass is 16.5. The summed E-state index contributed by atoms with van der Waals surface area (Å²) in [6.45, 7) is 1.57. The molecule has 0 heterocycles. The van der Waals surface area contributed by atoms with Gasteiger partial charge in [-0.15, -0.1) is 0 Å². The van der Waals surface area contributed by atoms with Crippen LogP contribution in [-0.4, -0.2) is 57.3 Å². The van der Waals surface area contributed by atoms with E-state index in [-0.39, 0.29) is 17.9 Å². The Balaban J connectivity index is 2.25. The summed E-state index contributed by atoms with van der Waals surface area (Å²) in [5, 5.41) is 11.9. The maximum atomic E-state index is 12.0. The van der Waals surface area contributed by atoms with Gasteiger partial charge in [0, 0.05) is 26.2 Å². The molecule has 0 fully saturated rings. The first kappa shape index (κ1) is 16.3. The number of methoxy groups -OCH3 is 2. The number of Topliss-reactive ketones (excluding diaryl/α,β-unsaturated/α-hetero) is 1. The molecule has 0 bridgehead atoms. The lowest BCUT2D eigenvalue weighted by Crippen LogP contribution is -2.10. The molecular formula is C15H19NO6. The standard InChI is InChI=1S/C15H19NO6/c1-19-3-5-21-13-8-10-7-12(16-18)15(17)11(10)9-14(13)22-6-4-20-2/h8-9,18H,3-7H2,1-2H3. The number of ketones is 1. The Morgan fingerprint density at radius 1 is 1.05 bits per heavy atom. The van der Waals surface area contributed by atoms with Crippen LogP contribution in [0.1, 0.15) is 15.9 Å². The number of ether oxygens (including phenoxy) is 4. The van der Waals surface area contributed by atoms with Crippen LogP contribution in [0.4, 0.5) is 0 Å². The number of rotatable bonds is 8. The fourth-order valence-electron chi connectivity index (χ4n) is 2.15. The van der Waals surface area contributed by atoms with E-state index in [0.29, 0.717) is 43.5 Å². The molecule has 0 aromatic heterocycles. The molecule has 0 saturated carbocycles. The predicted octanol–water partition coefficient (Wildman–Crippen LogP) is 1.31. The van der Waals surface area contributed by atoms with Gasteiger partial charge in [0.05, 0.1) is 13.2 Å². The zero-order chi connectivity index (χ0) is 15.9. The lowest BCUT2D eigenvalue weighted by Gasteiger charge is -2.14. The molecule has 1 aliphatic rings. The lowest BCUT2D eigenvalue weighted by molar-refractivity contribution is 0.106. The molecule has 0 amide bonds. The zero-order valence-corrected chi connectivity index (χ0v) is 12.6. The molecule has 0 spiro atoms. The Bertz CT molecular complexity index is 569. The van der Waals surface area contributed by atoms with Crippen molar-refractivity contribution < 1.29 is 28.9 Å². The quantitative estimate of drug-likeness (QED) is 0.442. The number of fused-ring (bicyclic) bond motifs is 1. The lowest BCUT2D eigenvalue weighted by atomic mass is 10.1. The SMILES string of the molecule is COCCOc1cc2c(cc1OCCOC)C(=O)C(=NO)C2. The van der Waals surface area contributed by atoms with Gasteiger partial charge in [-0.05, 0) is 17.7 Å². The van der Waals surface area contributed by atoms with Gasteiger partial charge in [0.1, 0.15) is 18.9 Å². The van der Waals surface area contributed by atoms with Gasteiger partial charge in [-0.25, -0.2) is 0 Å². The molecule has 0 saturated heterocycles. The van der Waals surface area contributed by atoms with Crippen molar-refractivity contribution in [3.63, 3.8) is 0 Å². The van der Waals surface area contributed by atoms with Crippen LogP contribution < -0.4 is 9.47 Å². The summed E-state index contributed by atoms with van der Waals surface area (Å²) < 4.78 is 21.1. The molecule has 2 rings (SSSR count). The van der Waals surface area contributed by atoms with Crippen molar-refractivity contribution in [1.29, 1.82) is 0 Å². The van der Waals surface area contributed by atoms with Gasteiger partial charge >= 0.3 is 0 Å². The third kappa shape index (κ3) is 3.55. The third-order valence-electron chi connectivity index (χ3n) is 3.24. The maximum Gasteiger partial charge on any atom is 0.211 e. The van der Waals surface area contributed by atoms with Crippen molar-refractivity contribution in [2.45, 2.75) is 6.42 Å². The smallest absolute Gasteiger partial charge is 0.211 e. The minimum Gasteiger partial charge on any atom is -0.487 e. The molecule has 120 valence electrons. The average molecular weight is 309 g/mol. The van der Waals surface area contributed by atoms with Crippen LogP contribution in [0.2, 0.25) is 0 Å². The van der Waals surface area contributed by atoms with Gasteiger partial charge in [-0.1, -0.05) is 5.16 Å². The van der Waals surface area contributed by atoms with Crippen molar-refractivity contribution in [3.05, 3.63) is 23.3 Å². The van der Waals surface area contributed by atoms with Crippen LogP contribution in [0.3, 0.4) is 0 Å². The van der Waals surface area contributed by atoms with Gasteiger partial charge in [-0.2, -0.15) is 0 Å². The Kier molecular flexibility index (Phi) is 5.74. The number of carbonyl (C=O) groups excluding carboxylic acids is 1. The number of hydrogen-bond donors (Lipinski definition) is 1. The van der Waals surface area contributed by atoms with Gasteiger partial charge in [0.25, 0.3) is 0 Å². The van der Waals surface area contributed by atoms with Crippen molar-refractivity contribution in [3.8, 4) is 11.5 Å². The Hall–Kier alpha value is -2.12. The fourth-order valence-corrected chi connectivity index (χ4v) is 2.15. The molecule has 1 aliphatic carbocycles. The van der Waals surface area contributed by atoms with Crippen LogP contribution >= 0.6 is 0 Å². The van der Waals surface area contributed by atoms with E-state index in [1.165, 1.54) is 0 Å². The van der Waals surface area contributed by atoms with Crippen molar-refractivity contribution >= 4 is 11.5 Å². The van der Waals surface area contributed by atoms with E-state index in [9.17, 15) is 4.79 Å². The van der Waals surface area contributed by atoms with E-state index in [0.717, 1.165) is 5.56 Å². The molecule has 0 atom stereocenters. The Labute approximate surface area is 128 Å². The first-order valence-electron chi connectivity index (χ1n) is 6.87. The second-order valence-electron chi connectivity index (χ2n) is 4.69. The van der Waals surface area contributed by atoms with Crippen molar-refractivity contribution in [2.24, 2.45) is 5.16 Å². The molecule has 0 unspecified atom stereocenters. The second kappa shape index (κ2) is 7.77. The third-order valence-corrected chi connectivity index (χ3v) is 3.24. The molecule has 1 aromatic carbocycles. The first-order chi connectivity index (χ1) is 10.7. The van der Waals surface area contributed by atoms with Crippen LogP contribution in [0.15, 0.2) is 17.3 Å². The van der Waals surface area contributed by atoms with Crippen LogP contribution in [-0.2, 0) is 15.9 Å². The van der Waals surface area contributed by atoms with Gasteiger partial charge in [0.15, 0.2) is 11.5 Å². The van der Waals surface area contributed by atoms with E-state index in [1.54, 1.807) is 26.4 Å². The van der Waals surface area contributed by atoms with E-state index in [2.05, 4.69) is 5.16 Å². The monoisotopic (exact) mass is 309 g/mol. The summed E-state index contributed by atoms with van der Waals surface area (Å²) in [6.07, 6.45) is 0.281. The highest BCUT2D eigenvalue weighted by Crippen LogP contribution is 2.34. The van der Waals surface area contributed by atoms with Crippen molar-refractivity contribution in [2.75, 3.05) is 40.6 Å². The van der Waals surface area contributed by atoms with Gasteiger partial charge in [0.2, 0.25) is 5.78 Å². The number of benzene rings is 1. The minimum atomic E-state index is -0.294. The normalized spacial score (nSPS) is 15.2. The molecule has 0 radical (unpaired) electrons. The Morgan fingerprint density at radius 3 is 2.18 bits per heavy atom. The van der Waals surface area contributed by atoms with E-state index < -0.39 is 0 Å². The van der Waals surface area contributed by atoms with E-state index in [4.69, 9.17) is 24.2 Å². The summed E-state index contributed by atoms with van der Waals surface area (Å²) in [7, 11) is 3.17. The molecule has 7 nitrogen and oxygen atoms in total. The zero-order valence-electron chi connectivity index (χ0n) is 12.6. The highest BCUT2D eigenvalue weighted by molar-refractivity contribution is 6.49. The second-order valence-corrected chi connectivity index (χ2v) is 4.69. The fraction of sp³-hybridized carbons (Fsp3) is 0.467. The first-order valence-corrected chi connectivity index (χ1v) is 6.87. The van der Waals surface area contributed by atoms with Crippen LogP contribution in [0, 0.1) is 0 Å². The summed E-state index contributed by atoms with van der Waals surface area (Å²) >= 11 is 0. The predicted molar refractivity (Wildman–Crippen MR) is 78.4 cm³/mol. The largest absolute Gasteiger partial charge is 0.487 e. The molecule has 22 heavy (non-hydrogen) atoms. The Morgan fingerprint density at radius 2 is 1.64 bits per heavy atom. The minimum absolute atomic E-state index is 0.117. The molecule has 0 aliphatic heterocycles. The van der Waals surface area contributed by atoms with E-state index in [1.807, 2.05) is 0 Å². The van der Waals surface area contributed by atoms with Crippen molar-refractivity contribution in [1.82, 2.24) is 0 Å². The number of oxime groups is 1. The van der Waals surface area contributed by atoms with Crippen LogP contribution in [0.25, 0.3) is 0 Å². The van der Waals surface area contributed by atoms with Gasteiger partial charge < -0.3 is 24.2 Å². The molecule has 7 heteroatoms. The summed E-state index contributed by atoms with van der Waals surface area (Å²) in [4.78, 5) is 12.0. The number of hydrogen-bond acceptors (Lipinski definition) is 7. The van der Waals surface area contributed by atoms with Crippen LogP contribution in [0.5, 0.6) is 11.5 Å². The average Bonchev–Trinajstić information content (AvgIpc) is 2.83. The molecule has 1 aromatic rings. The summed E-state index contributed by atoms with van der Waals surface area (Å²) in [5.74, 6) is 0.691. The maximum absolute atomic E-state index is 12.0. The van der Waals surface area contributed by atoms with E-state index >= 15 is 0 Å². The highest BCUT2D eigenvalue weighted by Gasteiger charge is 2.29. The summed E-state index contributed by atoms with van der Waals surface area (Å²) in [6, 6.07) is 3.36. The molecule has 1 N–H and O–H groups in total. The number of carbonyl (C=O) groups is 1.